The van der Waals surface area contributed by atoms with Crippen LogP contribution in [0.1, 0.15) is 90.3 Å². The standard InChI is InChI=1S/C26H32BrFN4O2/c1-22(2,3)19-30-20(34-31-19)24-7-4-23(5-8-24,6-9-24)16-32(18-10-17(27)11-29-12-18)21(33)25-13-26(28,14-25)15-25/h10-12H,4-9,13-16H2,1-3H3. The van der Waals surface area contributed by atoms with Crippen molar-refractivity contribution in [3.63, 3.8) is 0 Å². The number of carbonyl (C=O) groups excluding carboxylic acids is 1. The zero-order valence-corrected chi connectivity index (χ0v) is 21.8. The van der Waals surface area contributed by atoms with Crippen LogP contribution in [-0.4, -0.2) is 33.2 Å². The van der Waals surface area contributed by atoms with E-state index >= 15 is 0 Å². The van der Waals surface area contributed by atoms with E-state index in [-0.39, 0.29) is 22.2 Å². The molecular weight excluding hydrogens is 499 g/mol. The fourth-order valence-corrected chi connectivity index (χ4v) is 7.26. The third kappa shape index (κ3) is 3.38. The molecule has 0 spiro atoms. The van der Waals surface area contributed by atoms with Crippen molar-refractivity contribution in [1.82, 2.24) is 15.1 Å². The largest absolute Gasteiger partial charge is 0.339 e. The lowest BCUT2D eigenvalue weighted by Crippen LogP contribution is -2.71. The number of hydrogen-bond acceptors (Lipinski definition) is 5. The van der Waals surface area contributed by atoms with Gasteiger partial charge < -0.3 is 9.42 Å². The fraction of sp³-hybridized carbons (Fsp3) is 0.692. The maximum absolute atomic E-state index is 14.3. The number of amides is 1. The summed E-state index contributed by atoms with van der Waals surface area (Å²) < 4.78 is 20.9. The van der Waals surface area contributed by atoms with Gasteiger partial charge in [0.1, 0.15) is 5.67 Å². The minimum Gasteiger partial charge on any atom is -0.339 e. The van der Waals surface area contributed by atoms with Gasteiger partial charge in [0.15, 0.2) is 5.82 Å². The van der Waals surface area contributed by atoms with Crippen molar-refractivity contribution in [3.05, 3.63) is 34.6 Å². The van der Waals surface area contributed by atoms with Gasteiger partial charge in [-0.05, 0) is 85.2 Å². The summed E-state index contributed by atoms with van der Waals surface area (Å²) in [6.45, 7) is 6.97. The van der Waals surface area contributed by atoms with Crippen molar-refractivity contribution in [3.8, 4) is 0 Å². The number of anilines is 1. The molecule has 6 nitrogen and oxygen atoms in total. The Morgan fingerprint density at radius 1 is 1.12 bits per heavy atom. The molecule has 0 unspecified atom stereocenters. The van der Waals surface area contributed by atoms with E-state index in [4.69, 9.17) is 9.51 Å². The van der Waals surface area contributed by atoms with Gasteiger partial charge in [0.25, 0.3) is 0 Å². The van der Waals surface area contributed by atoms with E-state index in [2.05, 4.69) is 46.8 Å². The van der Waals surface area contributed by atoms with Crippen molar-refractivity contribution in [2.45, 2.75) is 95.1 Å². The molecule has 0 N–H and O–H groups in total. The highest BCUT2D eigenvalue weighted by Crippen LogP contribution is 2.70. The fourth-order valence-electron chi connectivity index (χ4n) is 6.91. The van der Waals surface area contributed by atoms with E-state index in [9.17, 15) is 9.18 Å². The van der Waals surface area contributed by atoms with Crippen LogP contribution in [0.15, 0.2) is 27.5 Å². The first-order valence-corrected chi connectivity index (χ1v) is 13.2. The molecule has 0 atom stereocenters. The van der Waals surface area contributed by atoms with Crippen LogP contribution in [0, 0.1) is 10.8 Å². The van der Waals surface area contributed by atoms with E-state index in [1.54, 1.807) is 12.4 Å². The average molecular weight is 531 g/mol. The van der Waals surface area contributed by atoms with Gasteiger partial charge in [0, 0.05) is 28.0 Å². The lowest BCUT2D eigenvalue weighted by molar-refractivity contribution is -0.211. The second-order valence-corrected chi connectivity index (χ2v) is 13.6. The Bertz CT molecular complexity index is 1110. The summed E-state index contributed by atoms with van der Waals surface area (Å²) in [6.07, 6.45) is 10.7. The number of halogens is 2. The Kier molecular flexibility index (Phi) is 4.73. The van der Waals surface area contributed by atoms with Crippen molar-refractivity contribution in [2.75, 3.05) is 11.4 Å². The van der Waals surface area contributed by atoms with E-state index in [1.165, 1.54) is 0 Å². The zero-order chi connectivity index (χ0) is 24.0. The number of pyridine rings is 1. The highest BCUT2D eigenvalue weighted by atomic mass is 79.9. The Morgan fingerprint density at radius 3 is 2.29 bits per heavy atom. The number of nitrogens with zero attached hydrogens (tertiary/aromatic N) is 4. The molecule has 6 fully saturated rings. The van der Waals surface area contributed by atoms with Gasteiger partial charge in [-0.3, -0.25) is 9.78 Å². The summed E-state index contributed by atoms with van der Waals surface area (Å²) in [7, 11) is 0. The summed E-state index contributed by atoms with van der Waals surface area (Å²) in [5, 5.41) is 4.28. The quantitative estimate of drug-likeness (QED) is 0.470. The summed E-state index contributed by atoms with van der Waals surface area (Å²) in [5.74, 6) is 1.63. The van der Waals surface area contributed by atoms with Gasteiger partial charge >= 0.3 is 0 Å². The molecule has 1 amide bonds. The molecule has 4 bridgehead atoms. The van der Waals surface area contributed by atoms with E-state index in [0.29, 0.717) is 25.8 Å². The monoisotopic (exact) mass is 530 g/mol. The van der Waals surface area contributed by atoms with Crippen molar-refractivity contribution in [2.24, 2.45) is 10.8 Å². The minimum absolute atomic E-state index is 0.0428. The number of rotatable bonds is 5. The molecule has 8 rings (SSSR count). The lowest BCUT2D eigenvalue weighted by Gasteiger charge is -2.65. The molecule has 6 saturated carbocycles. The van der Waals surface area contributed by atoms with Gasteiger partial charge in [0.05, 0.1) is 17.3 Å². The molecule has 6 aliphatic rings. The van der Waals surface area contributed by atoms with Crippen LogP contribution < -0.4 is 4.90 Å². The van der Waals surface area contributed by atoms with Gasteiger partial charge in [-0.15, -0.1) is 0 Å². The molecule has 2 aromatic heterocycles. The van der Waals surface area contributed by atoms with Crippen LogP contribution in [0.2, 0.25) is 0 Å². The number of carbonyl (C=O) groups is 1. The number of aromatic nitrogens is 3. The van der Waals surface area contributed by atoms with Crippen LogP contribution in [0.3, 0.4) is 0 Å². The lowest BCUT2D eigenvalue weighted by atomic mass is 9.41. The highest BCUT2D eigenvalue weighted by molar-refractivity contribution is 9.10. The highest BCUT2D eigenvalue weighted by Gasteiger charge is 2.73. The zero-order valence-electron chi connectivity index (χ0n) is 20.2. The van der Waals surface area contributed by atoms with Gasteiger partial charge in [-0.1, -0.05) is 25.9 Å². The molecule has 8 heteroatoms. The molecule has 0 saturated heterocycles. The topological polar surface area (TPSA) is 72.1 Å². The number of hydrogen-bond donors (Lipinski definition) is 0. The van der Waals surface area contributed by atoms with E-state index in [1.807, 2.05) is 11.0 Å². The smallest absolute Gasteiger partial charge is 0.233 e. The minimum atomic E-state index is -1.10. The van der Waals surface area contributed by atoms with Crippen LogP contribution in [0.5, 0.6) is 0 Å². The van der Waals surface area contributed by atoms with E-state index < -0.39 is 11.1 Å². The summed E-state index contributed by atoms with van der Waals surface area (Å²) >= 11 is 3.51. The second kappa shape index (κ2) is 7.11. The van der Waals surface area contributed by atoms with Crippen molar-refractivity contribution >= 4 is 27.5 Å². The first-order valence-electron chi connectivity index (χ1n) is 12.4. The molecule has 182 valence electrons. The van der Waals surface area contributed by atoms with Crippen LogP contribution >= 0.6 is 15.9 Å². The molecule has 34 heavy (non-hydrogen) atoms. The van der Waals surface area contributed by atoms with Gasteiger partial charge in [-0.2, -0.15) is 4.98 Å². The van der Waals surface area contributed by atoms with Crippen LogP contribution in [0.25, 0.3) is 0 Å². The Morgan fingerprint density at radius 2 is 1.76 bits per heavy atom. The number of alkyl halides is 1. The van der Waals surface area contributed by atoms with Crippen LogP contribution in [-0.2, 0) is 15.6 Å². The summed E-state index contributed by atoms with van der Waals surface area (Å²) in [4.78, 5) is 24.8. The molecule has 0 aliphatic heterocycles. The maximum atomic E-state index is 14.3. The van der Waals surface area contributed by atoms with Crippen LogP contribution in [0.4, 0.5) is 10.1 Å². The predicted octanol–water partition coefficient (Wildman–Crippen LogP) is 6.04. The molecule has 2 aromatic rings. The summed E-state index contributed by atoms with van der Waals surface area (Å²) in [5.41, 5.74) is -0.915. The molecule has 6 aliphatic carbocycles. The Labute approximate surface area is 208 Å². The van der Waals surface area contributed by atoms with Gasteiger partial charge in [0.2, 0.25) is 11.8 Å². The van der Waals surface area contributed by atoms with Crippen molar-refractivity contribution < 1.29 is 13.7 Å². The van der Waals surface area contributed by atoms with Gasteiger partial charge in [-0.25, -0.2) is 4.39 Å². The molecular formula is C26H32BrFN4O2. The maximum Gasteiger partial charge on any atom is 0.233 e. The summed E-state index contributed by atoms with van der Waals surface area (Å²) in [6, 6.07) is 1.96. The first kappa shape index (κ1) is 22.6. The Balaban J connectivity index is 1.23. The molecule has 2 heterocycles. The third-order valence-electron chi connectivity index (χ3n) is 9.11. The average Bonchev–Trinajstić information content (AvgIpc) is 3.27. The predicted molar refractivity (Wildman–Crippen MR) is 129 cm³/mol. The molecule has 0 radical (unpaired) electrons. The number of fused-ring (bicyclic) bond motifs is 3. The van der Waals surface area contributed by atoms with Crippen molar-refractivity contribution in [1.29, 1.82) is 0 Å². The first-order chi connectivity index (χ1) is 16.0. The Hall–Kier alpha value is -1.83. The van der Waals surface area contributed by atoms with E-state index in [0.717, 1.165) is 60.4 Å². The molecule has 0 aromatic carbocycles. The second-order valence-electron chi connectivity index (χ2n) is 12.7. The SMILES string of the molecule is CC(C)(C)c1noc(C23CCC(CN(C(=O)C45CC(F)(C4)C5)c4cncc(Br)c4)(CC2)CC3)n1. The normalized spacial score (nSPS) is 36.0. The third-order valence-corrected chi connectivity index (χ3v) is 9.55.